The number of ether oxygens (including phenoxy) is 1. The number of nitrogens with one attached hydrogen (secondary N) is 1. The van der Waals surface area contributed by atoms with E-state index in [0.29, 0.717) is 12.2 Å². The Balaban J connectivity index is 1.95. The molecule has 9 heteroatoms. The number of carbonyl (C=O) groups is 1. The van der Waals surface area contributed by atoms with Crippen molar-refractivity contribution >= 4 is 23.0 Å². The van der Waals surface area contributed by atoms with E-state index in [1.165, 1.54) is 22.0 Å². The predicted octanol–water partition coefficient (Wildman–Crippen LogP) is 2.27. The molecule has 3 aromatic carbocycles. The van der Waals surface area contributed by atoms with E-state index in [-0.39, 0.29) is 34.4 Å². The molecular formula is C23H26N4O5. The van der Waals surface area contributed by atoms with Crippen LogP contribution in [-0.4, -0.2) is 37.1 Å². The van der Waals surface area contributed by atoms with Crippen LogP contribution in [0.2, 0.25) is 0 Å². The van der Waals surface area contributed by atoms with Crippen LogP contribution in [0.25, 0.3) is 0 Å². The van der Waals surface area contributed by atoms with Crippen molar-refractivity contribution in [2.24, 2.45) is 5.84 Å². The minimum Gasteiger partial charge on any atom is -0.505 e. The van der Waals surface area contributed by atoms with Crippen LogP contribution in [0, 0.1) is 0 Å². The SMILES string of the molecule is CC[C@H](c1ccc(OC)cc1)N(N)c1c(Nc2cccc(C(=O)N(C)C)c2O)c(=O)c1=O. The third kappa shape index (κ3) is 4.02. The lowest BCUT2D eigenvalue weighted by atomic mass is 10.0. The molecule has 4 N–H and O–H groups in total. The van der Waals surface area contributed by atoms with Gasteiger partial charge in [0.1, 0.15) is 17.1 Å². The number of nitrogens with two attached hydrogens (primary N) is 1. The maximum atomic E-state index is 12.4. The summed E-state index contributed by atoms with van der Waals surface area (Å²) in [5, 5.41) is 14.6. The summed E-state index contributed by atoms with van der Waals surface area (Å²) in [6.07, 6.45) is 0.569. The van der Waals surface area contributed by atoms with E-state index in [2.05, 4.69) is 5.32 Å². The number of hydrogen-bond donors (Lipinski definition) is 3. The van der Waals surface area contributed by atoms with Gasteiger partial charge in [0.05, 0.1) is 24.4 Å². The van der Waals surface area contributed by atoms with Crippen LogP contribution >= 0.6 is 0 Å². The standard InChI is InChI=1S/C23H26N4O5/c1-5-17(13-9-11-14(32-4)12-10-13)27(24)19-18(21(29)22(19)30)25-16-8-6-7-15(20(16)28)23(31)26(2)3/h6-12,17,25,28H,5,24H2,1-4H3/t17-/m1/s1. The van der Waals surface area contributed by atoms with Crippen molar-refractivity contribution in [1.82, 2.24) is 4.90 Å². The second-order valence-corrected chi connectivity index (χ2v) is 7.51. The van der Waals surface area contributed by atoms with Crippen molar-refractivity contribution in [3.05, 3.63) is 74.0 Å². The van der Waals surface area contributed by atoms with Crippen LogP contribution in [0.15, 0.2) is 52.1 Å². The number of hydrogen-bond acceptors (Lipinski definition) is 8. The van der Waals surface area contributed by atoms with Gasteiger partial charge in [-0.3, -0.25) is 19.4 Å². The highest BCUT2D eigenvalue weighted by atomic mass is 16.5. The normalized spacial score (nSPS) is 11.8. The summed E-state index contributed by atoms with van der Waals surface area (Å²) in [5.41, 5.74) is -0.455. The first-order chi connectivity index (χ1) is 15.2. The molecule has 0 saturated heterocycles. The van der Waals surface area contributed by atoms with Gasteiger partial charge in [0.2, 0.25) is 0 Å². The average Bonchev–Trinajstić information content (AvgIpc) is 2.79. The fraction of sp³-hybridized carbons (Fsp3) is 0.261. The van der Waals surface area contributed by atoms with E-state index in [0.717, 1.165) is 5.56 Å². The molecule has 168 valence electrons. The van der Waals surface area contributed by atoms with E-state index in [1.807, 2.05) is 19.1 Å². The van der Waals surface area contributed by atoms with Gasteiger partial charge in [-0.05, 0) is 36.2 Å². The lowest BCUT2D eigenvalue weighted by molar-refractivity contribution is 0.0824. The molecule has 0 fully saturated rings. The molecule has 32 heavy (non-hydrogen) atoms. The number of phenolic OH excluding ortho intramolecular Hbond substituents is 1. The van der Waals surface area contributed by atoms with E-state index in [9.17, 15) is 19.5 Å². The second kappa shape index (κ2) is 9.11. The summed E-state index contributed by atoms with van der Waals surface area (Å²) in [7, 11) is 4.69. The van der Waals surface area contributed by atoms with Crippen molar-refractivity contribution in [1.29, 1.82) is 0 Å². The lowest BCUT2D eigenvalue weighted by Crippen LogP contribution is -2.47. The van der Waals surface area contributed by atoms with Crippen LogP contribution in [-0.2, 0) is 0 Å². The van der Waals surface area contributed by atoms with Gasteiger partial charge in [0, 0.05) is 14.1 Å². The number of carbonyl (C=O) groups excluding carboxylic acids is 1. The molecule has 3 rings (SSSR count). The highest BCUT2D eigenvalue weighted by molar-refractivity contribution is 5.99. The Hall–Kier alpha value is -3.85. The monoisotopic (exact) mass is 438 g/mol. The molecule has 0 spiro atoms. The summed E-state index contributed by atoms with van der Waals surface area (Å²) in [4.78, 5) is 38.3. The number of anilines is 3. The van der Waals surface area contributed by atoms with E-state index >= 15 is 0 Å². The third-order valence-corrected chi connectivity index (χ3v) is 5.30. The number of amides is 1. The van der Waals surface area contributed by atoms with E-state index < -0.39 is 16.8 Å². The number of hydrazine groups is 1. The smallest absolute Gasteiger partial charge is 0.257 e. The van der Waals surface area contributed by atoms with Gasteiger partial charge >= 0.3 is 0 Å². The summed E-state index contributed by atoms with van der Waals surface area (Å²) in [6.45, 7) is 1.91. The zero-order chi connectivity index (χ0) is 23.6. The van der Waals surface area contributed by atoms with Gasteiger partial charge in [-0.2, -0.15) is 0 Å². The Morgan fingerprint density at radius 2 is 1.78 bits per heavy atom. The largest absolute Gasteiger partial charge is 0.505 e. The maximum absolute atomic E-state index is 12.4. The molecule has 0 unspecified atom stereocenters. The quantitative estimate of drug-likeness (QED) is 0.212. The Kier molecular flexibility index (Phi) is 6.50. The number of para-hydroxylation sites is 1. The van der Waals surface area contributed by atoms with Gasteiger partial charge in [-0.15, -0.1) is 0 Å². The van der Waals surface area contributed by atoms with Crippen LogP contribution in [0.1, 0.15) is 35.3 Å². The number of nitrogens with zero attached hydrogens (tertiary/aromatic N) is 2. The van der Waals surface area contributed by atoms with Crippen LogP contribution < -0.4 is 31.8 Å². The zero-order valence-corrected chi connectivity index (χ0v) is 18.4. The second-order valence-electron chi connectivity index (χ2n) is 7.51. The minimum absolute atomic E-state index is 0.0152. The Morgan fingerprint density at radius 1 is 1.12 bits per heavy atom. The molecule has 0 aromatic heterocycles. The number of rotatable bonds is 8. The average molecular weight is 438 g/mol. The Morgan fingerprint density at radius 3 is 2.34 bits per heavy atom. The van der Waals surface area contributed by atoms with Crippen LogP contribution in [0.5, 0.6) is 11.5 Å². The van der Waals surface area contributed by atoms with Crippen molar-refractivity contribution in [3.8, 4) is 11.5 Å². The van der Waals surface area contributed by atoms with Crippen molar-refractivity contribution in [2.75, 3.05) is 31.5 Å². The molecule has 0 heterocycles. The van der Waals surface area contributed by atoms with Crippen LogP contribution in [0.3, 0.4) is 0 Å². The molecule has 0 bridgehead atoms. The predicted molar refractivity (Wildman–Crippen MR) is 123 cm³/mol. The summed E-state index contributed by atoms with van der Waals surface area (Å²) in [6, 6.07) is 11.4. The number of benzene rings is 2. The lowest BCUT2D eigenvalue weighted by Gasteiger charge is -2.31. The zero-order valence-electron chi connectivity index (χ0n) is 18.4. The molecule has 3 aromatic rings. The summed E-state index contributed by atoms with van der Waals surface area (Å²) >= 11 is 0. The van der Waals surface area contributed by atoms with Gasteiger partial charge in [0.15, 0.2) is 5.75 Å². The topological polar surface area (TPSA) is 125 Å². The van der Waals surface area contributed by atoms with Crippen molar-refractivity contribution in [2.45, 2.75) is 19.4 Å². The molecule has 0 aliphatic heterocycles. The molecule has 1 atom stereocenters. The first-order valence-electron chi connectivity index (χ1n) is 10.0. The number of phenols is 1. The van der Waals surface area contributed by atoms with Crippen LogP contribution in [0.4, 0.5) is 17.1 Å². The number of aromatic hydroxyl groups is 1. The highest BCUT2D eigenvalue weighted by Crippen LogP contribution is 2.35. The highest BCUT2D eigenvalue weighted by Gasteiger charge is 2.30. The fourth-order valence-corrected chi connectivity index (χ4v) is 3.51. The molecule has 0 aliphatic rings. The molecule has 1 amide bonds. The Labute approximate surface area is 185 Å². The molecular weight excluding hydrogens is 412 g/mol. The first-order valence-corrected chi connectivity index (χ1v) is 10.0. The van der Waals surface area contributed by atoms with Gasteiger partial charge in [-0.25, -0.2) is 5.84 Å². The van der Waals surface area contributed by atoms with Gasteiger partial charge in [-0.1, -0.05) is 25.1 Å². The van der Waals surface area contributed by atoms with Gasteiger partial charge in [0.25, 0.3) is 16.8 Å². The molecule has 9 nitrogen and oxygen atoms in total. The Bertz CT molecular complexity index is 1200. The molecule has 0 aliphatic carbocycles. The first kappa shape index (κ1) is 22.8. The van der Waals surface area contributed by atoms with Crippen molar-refractivity contribution < 1.29 is 14.6 Å². The van der Waals surface area contributed by atoms with E-state index in [1.54, 1.807) is 39.4 Å². The van der Waals surface area contributed by atoms with Crippen molar-refractivity contribution in [3.63, 3.8) is 0 Å². The minimum atomic E-state index is -0.747. The van der Waals surface area contributed by atoms with E-state index in [4.69, 9.17) is 10.6 Å². The van der Waals surface area contributed by atoms with Gasteiger partial charge < -0.3 is 20.1 Å². The maximum Gasteiger partial charge on any atom is 0.257 e. The fourth-order valence-electron chi connectivity index (χ4n) is 3.51. The summed E-state index contributed by atoms with van der Waals surface area (Å²) in [5.74, 6) is 6.26. The molecule has 0 radical (unpaired) electrons. The summed E-state index contributed by atoms with van der Waals surface area (Å²) < 4.78 is 5.18. The third-order valence-electron chi connectivity index (χ3n) is 5.30. The molecule has 0 saturated carbocycles. The number of methoxy groups -OCH3 is 1.